The van der Waals surface area contributed by atoms with Crippen LogP contribution in [0.2, 0.25) is 0 Å². The Morgan fingerprint density at radius 3 is 2.09 bits per heavy atom. The molecule has 0 aliphatic carbocycles. The first-order valence-corrected chi connectivity index (χ1v) is 11.2. The summed E-state index contributed by atoms with van der Waals surface area (Å²) in [5, 5.41) is 0. The van der Waals surface area contributed by atoms with Crippen molar-refractivity contribution in [2.24, 2.45) is 0 Å². The minimum Gasteiger partial charge on any atom is -0.493 e. The second kappa shape index (κ2) is 9.83. The third-order valence-electron chi connectivity index (χ3n) is 5.98. The van der Waals surface area contributed by atoms with Gasteiger partial charge in [-0.1, -0.05) is 55.5 Å². The van der Waals surface area contributed by atoms with Gasteiger partial charge >= 0.3 is 0 Å². The number of anilines is 1. The molecule has 0 bridgehead atoms. The van der Waals surface area contributed by atoms with E-state index in [0.29, 0.717) is 40.6 Å². The van der Waals surface area contributed by atoms with Crippen LogP contribution in [0.4, 0.5) is 5.69 Å². The molecular formula is C28H28N2O4. The molecule has 3 aromatic carbocycles. The molecule has 6 nitrogen and oxygen atoms in total. The van der Waals surface area contributed by atoms with Gasteiger partial charge in [-0.05, 0) is 47.4 Å². The lowest BCUT2D eigenvalue weighted by Gasteiger charge is -2.22. The highest BCUT2D eigenvalue weighted by molar-refractivity contribution is 6.45. The molecule has 174 valence electrons. The summed E-state index contributed by atoms with van der Waals surface area (Å²) in [6.07, 6.45) is 0.877. The summed E-state index contributed by atoms with van der Waals surface area (Å²) in [5.74, 6) is 0.326. The molecule has 6 heteroatoms. The molecular weight excluding hydrogens is 428 g/mol. The first kappa shape index (κ1) is 23.1. The number of hydrogen-bond donors (Lipinski definition) is 0. The molecule has 0 radical (unpaired) electrons. The van der Waals surface area contributed by atoms with Gasteiger partial charge < -0.3 is 14.4 Å². The van der Waals surface area contributed by atoms with Crippen molar-refractivity contribution in [2.75, 3.05) is 26.2 Å². The van der Waals surface area contributed by atoms with Gasteiger partial charge in [0.15, 0.2) is 11.5 Å². The summed E-state index contributed by atoms with van der Waals surface area (Å²) >= 11 is 0. The Kier molecular flexibility index (Phi) is 6.68. The highest BCUT2D eigenvalue weighted by Gasteiger charge is 2.42. The number of nitrogens with zero attached hydrogens (tertiary/aromatic N) is 2. The van der Waals surface area contributed by atoms with E-state index in [1.807, 2.05) is 66.5 Å². The van der Waals surface area contributed by atoms with E-state index in [-0.39, 0.29) is 11.8 Å². The Morgan fingerprint density at radius 2 is 1.47 bits per heavy atom. The molecule has 1 aliphatic heterocycles. The Morgan fingerprint density at radius 1 is 0.794 bits per heavy atom. The lowest BCUT2D eigenvalue weighted by molar-refractivity contribution is -0.120. The van der Waals surface area contributed by atoms with Crippen LogP contribution in [0, 0.1) is 0 Å². The van der Waals surface area contributed by atoms with Crippen molar-refractivity contribution in [2.45, 2.75) is 19.9 Å². The molecule has 0 unspecified atom stereocenters. The van der Waals surface area contributed by atoms with Gasteiger partial charge in [0, 0.05) is 13.6 Å². The van der Waals surface area contributed by atoms with Crippen LogP contribution in [0.5, 0.6) is 11.5 Å². The number of methoxy groups -OCH3 is 2. The van der Waals surface area contributed by atoms with E-state index in [0.717, 1.165) is 17.5 Å². The van der Waals surface area contributed by atoms with Crippen molar-refractivity contribution in [3.05, 3.63) is 95.2 Å². The van der Waals surface area contributed by atoms with Gasteiger partial charge in [0.2, 0.25) is 0 Å². The van der Waals surface area contributed by atoms with Crippen molar-refractivity contribution < 1.29 is 19.1 Å². The fraction of sp³-hybridized carbons (Fsp3) is 0.214. The van der Waals surface area contributed by atoms with Gasteiger partial charge in [0.1, 0.15) is 5.70 Å². The van der Waals surface area contributed by atoms with Crippen LogP contribution in [-0.2, 0) is 22.6 Å². The molecule has 0 spiro atoms. The predicted molar refractivity (Wildman–Crippen MR) is 133 cm³/mol. The van der Waals surface area contributed by atoms with Crippen molar-refractivity contribution >= 4 is 23.1 Å². The Balaban J connectivity index is 1.81. The number of benzene rings is 3. The maximum Gasteiger partial charge on any atom is 0.282 e. The average Bonchev–Trinajstić information content (AvgIpc) is 3.14. The molecule has 0 aromatic heterocycles. The largest absolute Gasteiger partial charge is 0.493 e. The fourth-order valence-electron chi connectivity index (χ4n) is 4.18. The summed E-state index contributed by atoms with van der Waals surface area (Å²) in [7, 11) is 4.93. The van der Waals surface area contributed by atoms with E-state index < -0.39 is 0 Å². The van der Waals surface area contributed by atoms with E-state index in [1.54, 1.807) is 32.4 Å². The van der Waals surface area contributed by atoms with Crippen LogP contribution in [0.3, 0.4) is 0 Å². The monoisotopic (exact) mass is 456 g/mol. The molecule has 34 heavy (non-hydrogen) atoms. The van der Waals surface area contributed by atoms with Gasteiger partial charge in [0.25, 0.3) is 11.8 Å². The van der Waals surface area contributed by atoms with Gasteiger partial charge in [0.05, 0.1) is 25.5 Å². The van der Waals surface area contributed by atoms with Crippen molar-refractivity contribution in [1.82, 2.24) is 4.90 Å². The first-order chi connectivity index (χ1) is 16.5. The van der Waals surface area contributed by atoms with E-state index in [4.69, 9.17) is 9.47 Å². The summed E-state index contributed by atoms with van der Waals surface area (Å²) < 4.78 is 10.8. The first-order valence-electron chi connectivity index (χ1n) is 11.2. The molecule has 2 amide bonds. The molecule has 1 aliphatic rings. The molecule has 0 N–H and O–H groups in total. The lowest BCUT2D eigenvalue weighted by atomic mass is 10.0. The third kappa shape index (κ3) is 4.27. The highest BCUT2D eigenvalue weighted by Crippen LogP contribution is 2.38. The predicted octanol–water partition coefficient (Wildman–Crippen LogP) is 4.68. The molecule has 4 rings (SSSR count). The number of hydrogen-bond acceptors (Lipinski definition) is 5. The molecule has 0 atom stereocenters. The van der Waals surface area contributed by atoms with Crippen LogP contribution in [-0.4, -0.2) is 38.0 Å². The topological polar surface area (TPSA) is 59.1 Å². The van der Waals surface area contributed by atoms with Crippen LogP contribution in [0.1, 0.15) is 23.6 Å². The summed E-state index contributed by atoms with van der Waals surface area (Å²) in [5.41, 5.74) is 4.00. The van der Waals surface area contributed by atoms with Gasteiger partial charge in [-0.2, -0.15) is 0 Å². The minimum atomic E-state index is -0.364. The zero-order valence-corrected chi connectivity index (χ0v) is 19.9. The quantitative estimate of drug-likeness (QED) is 0.461. The van der Waals surface area contributed by atoms with Crippen LogP contribution in [0.15, 0.2) is 78.5 Å². The maximum atomic E-state index is 13.7. The van der Waals surface area contributed by atoms with Gasteiger partial charge in [-0.25, -0.2) is 4.90 Å². The van der Waals surface area contributed by atoms with E-state index in [2.05, 4.69) is 6.92 Å². The Bertz CT molecular complexity index is 1230. The summed E-state index contributed by atoms with van der Waals surface area (Å²) in [4.78, 5) is 30.5. The number of carbonyl (C=O) groups excluding carboxylic acids is 2. The zero-order valence-electron chi connectivity index (χ0n) is 19.9. The standard InChI is InChI=1S/C28H28N2O4/c1-5-19-11-14-22(15-12-19)30-27(31)25(21-13-16-23(33-3)24(17-21)34-4)26(28(30)32)29(2)18-20-9-7-6-8-10-20/h6-17H,5,18H2,1-4H3. The molecule has 3 aromatic rings. The normalized spacial score (nSPS) is 13.5. The van der Waals surface area contributed by atoms with E-state index in [1.165, 1.54) is 4.90 Å². The zero-order chi connectivity index (χ0) is 24.2. The molecule has 0 fully saturated rings. The number of carbonyl (C=O) groups is 2. The highest BCUT2D eigenvalue weighted by atomic mass is 16.5. The van der Waals surface area contributed by atoms with Gasteiger partial charge in [-0.15, -0.1) is 0 Å². The Labute approximate surface area is 200 Å². The smallest absolute Gasteiger partial charge is 0.282 e. The number of likely N-dealkylation sites (N-methyl/N-ethyl adjacent to an activating group) is 1. The molecule has 0 saturated carbocycles. The third-order valence-corrected chi connectivity index (χ3v) is 5.98. The Hall–Kier alpha value is -4.06. The second-order valence-electron chi connectivity index (χ2n) is 8.10. The summed E-state index contributed by atoms with van der Waals surface area (Å²) in [6.45, 7) is 2.54. The van der Waals surface area contributed by atoms with E-state index in [9.17, 15) is 9.59 Å². The van der Waals surface area contributed by atoms with Gasteiger partial charge in [-0.3, -0.25) is 9.59 Å². The number of rotatable bonds is 8. The van der Waals surface area contributed by atoms with Crippen molar-refractivity contribution in [3.63, 3.8) is 0 Å². The number of aryl methyl sites for hydroxylation is 1. The van der Waals surface area contributed by atoms with Crippen LogP contribution >= 0.6 is 0 Å². The number of amides is 2. The van der Waals surface area contributed by atoms with Crippen LogP contribution < -0.4 is 14.4 Å². The van der Waals surface area contributed by atoms with Crippen LogP contribution in [0.25, 0.3) is 5.57 Å². The minimum absolute atomic E-state index is 0.337. The van der Waals surface area contributed by atoms with Crippen molar-refractivity contribution in [1.29, 1.82) is 0 Å². The molecule has 1 heterocycles. The number of imide groups is 1. The lowest BCUT2D eigenvalue weighted by Crippen LogP contribution is -2.34. The van der Waals surface area contributed by atoms with Crippen molar-refractivity contribution in [3.8, 4) is 11.5 Å². The second-order valence-corrected chi connectivity index (χ2v) is 8.10. The average molecular weight is 457 g/mol. The number of ether oxygens (including phenoxy) is 2. The maximum absolute atomic E-state index is 13.7. The summed E-state index contributed by atoms with van der Waals surface area (Å²) in [6, 6.07) is 22.6. The SMILES string of the molecule is CCc1ccc(N2C(=O)C(c3ccc(OC)c(OC)c3)=C(N(C)Cc3ccccc3)C2=O)cc1. The van der Waals surface area contributed by atoms with E-state index >= 15 is 0 Å². The molecule has 0 saturated heterocycles. The fourth-order valence-corrected chi connectivity index (χ4v) is 4.18.